The van der Waals surface area contributed by atoms with Gasteiger partial charge in [0.15, 0.2) is 4.34 Å². The van der Waals surface area contributed by atoms with Crippen molar-refractivity contribution in [2.45, 2.75) is 28.9 Å². The molecule has 1 N–H and O–H groups in total. The summed E-state index contributed by atoms with van der Waals surface area (Å²) in [4.78, 5) is 0.0563. The second-order valence-electron chi connectivity index (χ2n) is 3.68. The zero-order valence-electron chi connectivity index (χ0n) is 9.73. The molecule has 0 spiro atoms. The van der Waals surface area contributed by atoms with Crippen LogP contribution in [-0.4, -0.2) is 15.3 Å². The molecular weight excluding hydrogens is 297 g/mol. The first-order valence-electron chi connectivity index (χ1n) is 5.19. The van der Waals surface area contributed by atoms with E-state index >= 15 is 0 Å². The predicted molar refractivity (Wildman–Crippen MR) is 66.1 cm³/mol. The van der Waals surface area contributed by atoms with Gasteiger partial charge < -0.3 is 5.11 Å². The Bertz CT molecular complexity index is 584. The molecule has 8 heteroatoms. The molecule has 1 heterocycles. The summed E-state index contributed by atoms with van der Waals surface area (Å²) < 4.78 is 39.3. The Labute approximate surface area is 115 Å². The van der Waals surface area contributed by atoms with Crippen molar-refractivity contribution in [3.05, 3.63) is 34.3 Å². The first-order valence-corrected chi connectivity index (χ1v) is 6.82. The van der Waals surface area contributed by atoms with Gasteiger partial charge >= 0.3 is 6.18 Å². The van der Waals surface area contributed by atoms with E-state index in [-0.39, 0.29) is 10.5 Å². The summed E-state index contributed by atoms with van der Waals surface area (Å²) in [6.07, 6.45) is -4.47. The number of hydrogen-bond donors (Lipinski definition) is 1. The molecule has 0 saturated heterocycles. The Morgan fingerprint density at radius 2 is 2.05 bits per heavy atom. The zero-order valence-corrected chi connectivity index (χ0v) is 11.4. The summed E-state index contributed by atoms with van der Waals surface area (Å²) in [5.41, 5.74) is -0.540. The van der Waals surface area contributed by atoms with Crippen molar-refractivity contribution in [1.29, 1.82) is 0 Å². The van der Waals surface area contributed by atoms with E-state index in [1.54, 1.807) is 6.92 Å². The fourth-order valence-electron chi connectivity index (χ4n) is 1.40. The van der Waals surface area contributed by atoms with Crippen LogP contribution < -0.4 is 0 Å². The lowest BCUT2D eigenvalue weighted by molar-refractivity contribution is -0.139. The van der Waals surface area contributed by atoms with Crippen LogP contribution in [0.4, 0.5) is 13.2 Å². The van der Waals surface area contributed by atoms with Gasteiger partial charge in [-0.15, -0.1) is 10.2 Å². The van der Waals surface area contributed by atoms with Crippen molar-refractivity contribution in [2.24, 2.45) is 0 Å². The third-order valence-electron chi connectivity index (χ3n) is 2.24. The van der Waals surface area contributed by atoms with Gasteiger partial charge in [0.1, 0.15) is 5.01 Å². The van der Waals surface area contributed by atoms with E-state index in [1.165, 1.54) is 23.5 Å². The Kier molecular flexibility index (Phi) is 4.12. The first kappa shape index (κ1) is 14.3. The van der Waals surface area contributed by atoms with Crippen molar-refractivity contribution in [1.82, 2.24) is 10.2 Å². The monoisotopic (exact) mass is 306 g/mol. The van der Waals surface area contributed by atoms with Gasteiger partial charge in [-0.05, 0) is 24.6 Å². The molecule has 0 aliphatic rings. The van der Waals surface area contributed by atoms with E-state index in [9.17, 15) is 13.2 Å². The molecule has 0 unspecified atom stereocenters. The topological polar surface area (TPSA) is 46.0 Å². The molecule has 0 atom stereocenters. The van der Waals surface area contributed by atoms with Crippen LogP contribution in [0.3, 0.4) is 0 Å². The van der Waals surface area contributed by atoms with Crippen LogP contribution in [0.5, 0.6) is 0 Å². The normalized spacial score (nSPS) is 11.8. The number of hydrogen-bond acceptors (Lipinski definition) is 5. The number of aliphatic hydroxyl groups is 1. The number of aromatic nitrogens is 2. The average Bonchev–Trinajstić information content (AvgIpc) is 2.74. The molecule has 102 valence electrons. The molecule has 2 rings (SSSR count). The molecule has 0 bridgehead atoms. The fraction of sp³-hybridized carbons (Fsp3) is 0.273. The number of benzene rings is 1. The fourth-order valence-corrected chi connectivity index (χ4v) is 3.30. The van der Waals surface area contributed by atoms with Gasteiger partial charge in [-0.3, -0.25) is 0 Å². The number of rotatable bonds is 3. The summed E-state index contributed by atoms with van der Waals surface area (Å²) in [5, 5.41) is 17.2. The molecule has 0 aliphatic heterocycles. The van der Waals surface area contributed by atoms with Gasteiger partial charge in [0, 0.05) is 4.90 Å². The summed E-state index contributed by atoms with van der Waals surface area (Å²) in [6, 6.07) is 3.76. The third kappa shape index (κ3) is 3.46. The molecule has 19 heavy (non-hydrogen) atoms. The molecule has 0 amide bonds. The molecule has 0 radical (unpaired) electrons. The van der Waals surface area contributed by atoms with Crippen molar-refractivity contribution in [3.63, 3.8) is 0 Å². The van der Waals surface area contributed by atoms with E-state index < -0.39 is 18.3 Å². The van der Waals surface area contributed by atoms with Gasteiger partial charge in [-0.25, -0.2) is 0 Å². The maximum Gasteiger partial charge on any atom is 0.417 e. The first-order chi connectivity index (χ1) is 8.90. The SMILES string of the molecule is Cc1nnc(Sc2ccc(CO)cc2C(F)(F)F)s1. The molecule has 1 aromatic heterocycles. The van der Waals surface area contributed by atoms with Crippen LogP contribution in [0, 0.1) is 6.92 Å². The maximum absolute atomic E-state index is 12.9. The van der Waals surface area contributed by atoms with Crippen LogP contribution in [-0.2, 0) is 12.8 Å². The summed E-state index contributed by atoms with van der Waals surface area (Å²) in [5.74, 6) is 0. The minimum Gasteiger partial charge on any atom is -0.392 e. The molecule has 1 aromatic carbocycles. The number of nitrogens with zero attached hydrogens (tertiary/aromatic N) is 2. The second kappa shape index (κ2) is 5.48. The Morgan fingerprint density at radius 1 is 1.32 bits per heavy atom. The van der Waals surface area contributed by atoms with Gasteiger partial charge in [0.25, 0.3) is 0 Å². The van der Waals surface area contributed by atoms with Gasteiger partial charge in [0.2, 0.25) is 0 Å². The Balaban J connectivity index is 2.39. The highest BCUT2D eigenvalue weighted by atomic mass is 32.2. The third-order valence-corrected chi connectivity index (χ3v) is 4.20. The molecule has 0 aliphatic carbocycles. The smallest absolute Gasteiger partial charge is 0.392 e. The van der Waals surface area contributed by atoms with Crippen molar-refractivity contribution in [3.8, 4) is 0 Å². The predicted octanol–water partition coefficient (Wildman–Crippen LogP) is 3.51. The lowest BCUT2D eigenvalue weighted by Gasteiger charge is -2.12. The van der Waals surface area contributed by atoms with Crippen LogP contribution in [0.25, 0.3) is 0 Å². The number of aryl methyl sites for hydroxylation is 1. The number of aliphatic hydroxyl groups excluding tert-OH is 1. The van der Waals surface area contributed by atoms with Crippen LogP contribution in [0.2, 0.25) is 0 Å². The lowest BCUT2D eigenvalue weighted by atomic mass is 10.1. The largest absolute Gasteiger partial charge is 0.417 e. The van der Waals surface area contributed by atoms with Gasteiger partial charge in [-0.2, -0.15) is 13.2 Å². The van der Waals surface area contributed by atoms with Gasteiger partial charge in [0.05, 0.1) is 12.2 Å². The molecule has 3 nitrogen and oxygen atoms in total. The van der Waals surface area contributed by atoms with Crippen LogP contribution >= 0.6 is 23.1 Å². The molecule has 0 fully saturated rings. The van der Waals surface area contributed by atoms with E-state index in [0.29, 0.717) is 9.35 Å². The average molecular weight is 306 g/mol. The Morgan fingerprint density at radius 3 is 2.58 bits per heavy atom. The maximum atomic E-state index is 12.9. The number of halogens is 3. The Hall–Kier alpha value is -1.12. The van der Waals surface area contributed by atoms with Crippen LogP contribution in [0.15, 0.2) is 27.4 Å². The van der Waals surface area contributed by atoms with Crippen molar-refractivity contribution in [2.75, 3.05) is 0 Å². The summed E-state index contributed by atoms with van der Waals surface area (Å²) in [6.45, 7) is 1.31. The quantitative estimate of drug-likeness (QED) is 0.942. The van der Waals surface area contributed by atoms with Gasteiger partial charge in [-0.1, -0.05) is 29.2 Å². The van der Waals surface area contributed by atoms with E-state index in [2.05, 4.69) is 10.2 Å². The minimum atomic E-state index is -4.47. The summed E-state index contributed by atoms with van der Waals surface area (Å²) >= 11 is 2.16. The number of alkyl halides is 3. The molecule has 2 aromatic rings. The van der Waals surface area contributed by atoms with E-state index in [1.807, 2.05) is 0 Å². The van der Waals surface area contributed by atoms with Crippen LogP contribution in [0.1, 0.15) is 16.1 Å². The minimum absolute atomic E-state index is 0.0563. The lowest BCUT2D eigenvalue weighted by Crippen LogP contribution is -2.07. The highest BCUT2D eigenvalue weighted by Gasteiger charge is 2.34. The van der Waals surface area contributed by atoms with Crippen molar-refractivity contribution < 1.29 is 18.3 Å². The zero-order chi connectivity index (χ0) is 14.0. The highest BCUT2D eigenvalue weighted by molar-refractivity contribution is 8.01. The molecular formula is C11H9F3N2OS2. The van der Waals surface area contributed by atoms with E-state index in [0.717, 1.165) is 17.8 Å². The van der Waals surface area contributed by atoms with E-state index in [4.69, 9.17) is 5.11 Å². The standard InChI is InChI=1S/C11H9F3N2OS2/c1-6-15-16-10(18-6)19-9-3-2-7(5-17)4-8(9)11(12,13)14/h2-4,17H,5H2,1H3. The second-order valence-corrected chi connectivity index (χ2v) is 6.15. The summed E-state index contributed by atoms with van der Waals surface area (Å²) in [7, 11) is 0. The van der Waals surface area contributed by atoms with Crippen molar-refractivity contribution >= 4 is 23.1 Å². The highest BCUT2D eigenvalue weighted by Crippen LogP contribution is 2.40. The molecule has 0 saturated carbocycles.